The predicted molar refractivity (Wildman–Crippen MR) is 46.2 cm³/mol. The van der Waals surface area contributed by atoms with E-state index in [0.717, 1.165) is 19.4 Å². The van der Waals surface area contributed by atoms with Gasteiger partial charge in [-0.15, -0.1) is 12.4 Å². The molecule has 0 aromatic rings. The van der Waals surface area contributed by atoms with Crippen LogP contribution in [0.2, 0.25) is 0 Å². The van der Waals surface area contributed by atoms with Gasteiger partial charge in [0.2, 0.25) is 0 Å². The molecule has 3 nitrogen and oxygen atoms in total. The Morgan fingerprint density at radius 3 is 2.73 bits per heavy atom. The SMILES string of the molecule is COC[C@@H]1CC[C@@H](O)CN1.Cl. The number of hydrogen-bond donors (Lipinski definition) is 2. The zero-order chi connectivity index (χ0) is 7.40. The van der Waals surface area contributed by atoms with Crippen LogP contribution in [0, 0.1) is 0 Å². The zero-order valence-corrected chi connectivity index (χ0v) is 7.56. The van der Waals surface area contributed by atoms with Crippen molar-refractivity contribution in [2.75, 3.05) is 20.3 Å². The van der Waals surface area contributed by atoms with Gasteiger partial charge in [0.15, 0.2) is 0 Å². The minimum Gasteiger partial charge on any atom is -0.392 e. The van der Waals surface area contributed by atoms with Crippen LogP contribution >= 0.6 is 12.4 Å². The van der Waals surface area contributed by atoms with Crippen molar-refractivity contribution in [2.24, 2.45) is 0 Å². The summed E-state index contributed by atoms with van der Waals surface area (Å²) in [5.74, 6) is 0. The van der Waals surface area contributed by atoms with Crippen molar-refractivity contribution in [3.05, 3.63) is 0 Å². The highest BCUT2D eigenvalue weighted by Gasteiger charge is 2.17. The molecule has 0 spiro atoms. The summed E-state index contributed by atoms with van der Waals surface area (Å²) in [6.07, 6.45) is 1.78. The van der Waals surface area contributed by atoms with E-state index in [4.69, 9.17) is 9.84 Å². The summed E-state index contributed by atoms with van der Waals surface area (Å²) < 4.78 is 4.97. The Hall–Kier alpha value is 0.170. The van der Waals surface area contributed by atoms with E-state index in [9.17, 15) is 0 Å². The molecule has 0 bridgehead atoms. The summed E-state index contributed by atoms with van der Waals surface area (Å²) in [5.41, 5.74) is 0. The van der Waals surface area contributed by atoms with E-state index >= 15 is 0 Å². The maximum Gasteiger partial charge on any atom is 0.0665 e. The van der Waals surface area contributed by atoms with E-state index in [2.05, 4.69) is 5.32 Å². The van der Waals surface area contributed by atoms with Crippen molar-refractivity contribution in [1.29, 1.82) is 0 Å². The van der Waals surface area contributed by atoms with Gasteiger partial charge < -0.3 is 15.2 Å². The molecule has 0 saturated carbocycles. The Balaban J connectivity index is 0.000001000. The van der Waals surface area contributed by atoms with Crippen LogP contribution < -0.4 is 5.32 Å². The van der Waals surface area contributed by atoms with E-state index in [1.807, 2.05) is 0 Å². The lowest BCUT2D eigenvalue weighted by atomic mass is 10.0. The smallest absolute Gasteiger partial charge is 0.0665 e. The largest absolute Gasteiger partial charge is 0.392 e. The average molecular weight is 182 g/mol. The second-order valence-corrected chi connectivity index (χ2v) is 2.79. The van der Waals surface area contributed by atoms with E-state index in [1.165, 1.54) is 0 Å². The van der Waals surface area contributed by atoms with Gasteiger partial charge in [-0.25, -0.2) is 0 Å². The molecule has 1 aliphatic heterocycles. The van der Waals surface area contributed by atoms with Gasteiger partial charge in [-0.3, -0.25) is 0 Å². The molecule has 68 valence electrons. The second-order valence-electron chi connectivity index (χ2n) is 2.79. The zero-order valence-electron chi connectivity index (χ0n) is 6.75. The van der Waals surface area contributed by atoms with Crippen LogP contribution in [0.4, 0.5) is 0 Å². The summed E-state index contributed by atoms with van der Waals surface area (Å²) in [5, 5.41) is 12.3. The number of rotatable bonds is 2. The molecular weight excluding hydrogens is 166 g/mol. The molecule has 4 heteroatoms. The third kappa shape index (κ3) is 3.91. The van der Waals surface area contributed by atoms with E-state index in [-0.39, 0.29) is 18.5 Å². The normalized spacial score (nSPS) is 31.1. The predicted octanol–water partition coefficient (Wildman–Crippen LogP) is 0.168. The molecule has 1 fully saturated rings. The molecule has 0 aromatic heterocycles. The lowest BCUT2D eigenvalue weighted by molar-refractivity contribution is 0.0933. The molecule has 1 aliphatic rings. The van der Waals surface area contributed by atoms with Gasteiger partial charge in [-0.2, -0.15) is 0 Å². The number of β-amino-alcohol motifs (C(OH)–C–C–N with tert-alkyl or cyclic N) is 1. The van der Waals surface area contributed by atoms with Crippen molar-refractivity contribution >= 4 is 12.4 Å². The molecule has 2 N–H and O–H groups in total. The summed E-state index contributed by atoms with van der Waals surface area (Å²) in [6, 6.07) is 0.452. The van der Waals surface area contributed by atoms with Gasteiger partial charge in [0, 0.05) is 19.7 Å². The van der Waals surface area contributed by atoms with Crippen LogP contribution in [0.3, 0.4) is 0 Å². The summed E-state index contributed by atoms with van der Waals surface area (Å²) in [7, 11) is 1.70. The molecule has 0 aliphatic carbocycles. The van der Waals surface area contributed by atoms with Crippen molar-refractivity contribution < 1.29 is 9.84 Å². The van der Waals surface area contributed by atoms with Crippen molar-refractivity contribution in [1.82, 2.24) is 5.32 Å². The standard InChI is InChI=1S/C7H15NO2.ClH/c1-10-5-6-2-3-7(9)4-8-6;/h6-9H,2-5H2,1H3;1H/t6-,7+;/m0./s1. The third-order valence-corrected chi connectivity index (χ3v) is 1.86. The fraction of sp³-hybridized carbons (Fsp3) is 1.00. The Labute approximate surface area is 73.5 Å². The first kappa shape index (κ1) is 11.2. The molecule has 0 aromatic carbocycles. The summed E-state index contributed by atoms with van der Waals surface area (Å²) in [6.45, 7) is 1.47. The van der Waals surface area contributed by atoms with E-state index in [0.29, 0.717) is 12.6 Å². The molecule has 1 saturated heterocycles. The molecule has 0 unspecified atom stereocenters. The topological polar surface area (TPSA) is 41.5 Å². The quantitative estimate of drug-likeness (QED) is 0.638. The molecule has 0 amide bonds. The molecular formula is C7H16ClNO2. The second kappa shape index (κ2) is 5.77. The number of ether oxygens (including phenoxy) is 1. The first-order valence-corrected chi connectivity index (χ1v) is 3.73. The Bertz CT molecular complexity index is 94.4. The van der Waals surface area contributed by atoms with Crippen LogP contribution in [-0.4, -0.2) is 37.5 Å². The van der Waals surface area contributed by atoms with Crippen LogP contribution in [0.1, 0.15) is 12.8 Å². The molecule has 0 radical (unpaired) electrons. The Morgan fingerprint density at radius 2 is 2.27 bits per heavy atom. The molecule has 2 atom stereocenters. The fourth-order valence-corrected chi connectivity index (χ4v) is 1.24. The summed E-state index contributed by atoms with van der Waals surface area (Å²) in [4.78, 5) is 0. The van der Waals surface area contributed by atoms with Crippen molar-refractivity contribution in [3.63, 3.8) is 0 Å². The van der Waals surface area contributed by atoms with Gasteiger partial charge >= 0.3 is 0 Å². The van der Waals surface area contributed by atoms with Gasteiger partial charge in [0.05, 0.1) is 12.7 Å². The van der Waals surface area contributed by atoms with Crippen LogP contribution in [0.5, 0.6) is 0 Å². The lowest BCUT2D eigenvalue weighted by Gasteiger charge is -2.26. The lowest BCUT2D eigenvalue weighted by Crippen LogP contribution is -2.43. The van der Waals surface area contributed by atoms with Gasteiger partial charge in [-0.05, 0) is 12.8 Å². The van der Waals surface area contributed by atoms with Crippen molar-refractivity contribution in [2.45, 2.75) is 25.0 Å². The Morgan fingerprint density at radius 1 is 1.55 bits per heavy atom. The monoisotopic (exact) mass is 181 g/mol. The third-order valence-electron chi connectivity index (χ3n) is 1.86. The van der Waals surface area contributed by atoms with Crippen LogP contribution in [0.25, 0.3) is 0 Å². The number of aliphatic hydroxyl groups excluding tert-OH is 1. The first-order chi connectivity index (χ1) is 4.83. The number of methoxy groups -OCH3 is 1. The number of nitrogens with one attached hydrogen (secondary N) is 1. The molecule has 1 rings (SSSR count). The van der Waals surface area contributed by atoms with Gasteiger partial charge in [-0.1, -0.05) is 0 Å². The van der Waals surface area contributed by atoms with E-state index in [1.54, 1.807) is 7.11 Å². The van der Waals surface area contributed by atoms with E-state index < -0.39 is 0 Å². The minimum absolute atomic E-state index is 0. The van der Waals surface area contributed by atoms with Crippen LogP contribution in [-0.2, 0) is 4.74 Å². The van der Waals surface area contributed by atoms with Crippen molar-refractivity contribution in [3.8, 4) is 0 Å². The number of halogens is 1. The van der Waals surface area contributed by atoms with Crippen LogP contribution in [0.15, 0.2) is 0 Å². The first-order valence-electron chi connectivity index (χ1n) is 3.73. The molecule has 1 heterocycles. The average Bonchev–Trinajstić information content (AvgIpc) is 1.95. The highest BCUT2D eigenvalue weighted by Crippen LogP contribution is 2.07. The van der Waals surface area contributed by atoms with Gasteiger partial charge in [0.25, 0.3) is 0 Å². The summed E-state index contributed by atoms with van der Waals surface area (Å²) >= 11 is 0. The highest BCUT2D eigenvalue weighted by atomic mass is 35.5. The maximum absolute atomic E-state index is 9.09. The maximum atomic E-state index is 9.09. The number of piperidine rings is 1. The molecule has 11 heavy (non-hydrogen) atoms. The number of aliphatic hydroxyl groups is 1. The minimum atomic E-state index is -0.145. The highest BCUT2D eigenvalue weighted by molar-refractivity contribution is 5.85. The number of hydrogen-bond acceptors (Lipinski definition) is 3. The Kier molecular flexibility index (Phi) is 5.86. The van der Waals surface area contributed by atoms with Gasteiger partial charge in [0.1, 0.15) is 0 Å². The fourth-order valence-electron chi connectivity index (χ4n) is 1.24.